The minimum atomic E-state index is -0.447. The van der Waals surface area contributed by atoms with Gasteiger partial charge in [-0.1, -0.05) is 6.58 Å². The average Bonchev–Trinajstić information content (AvgIpc) is 2.19. The molecule has 0 unspecified atom stereocenters. The van der Waals surface area contributed by atoms with E-state index in [1.54, 1.807) is 6.34 Å². The summed E-state index contributed by atoms with van der Waals surface area (Å²) in [6.07, 6.45) is 3.63. The van der Waals surface area contributed by atoms with Crippen molar-refractivity contribution in [1.82, 2.24) is 10.2 Å². The van der Waals surface area contributed by atoms with Gasteiger partial charge in [-0.3, -0.25) is 0 Å². The van der Waals surface area contributed by atoms with Crippen molar-refractivity contribution >= 4 is 12.4 Å². The molecule has 0 aliphatic rings. The molecule has 0 aromatic carbocycles. The lowest BCUT2D eigenvalue weighted by molar-refractivity contribution is 0.0527. The lowest BCUT2D eigenvalue weighted by atomic mass is 10.2. The molecule has 5 heteroatoms. The van der Waals surface area contributed by atoms with Crippen LogP contribution in [0.25, 0.3) is 0 Å². The van der Waals surface area contributed by atoms with Crippen molar-refractivity contribution in [2.24, 2.45) is 4.99 Å². The highest BCUT2D eigenvalue weighted by Crippen LogP contribution is 2.06. The van der Waals surface area contributed by atoms with Crippen molar-refractivity contribution < 1.29 is 9.53 Å². The maximum absolute atomic E-state index is 11.3. The van der Waals surface area contributed by atoms with Crippen LogP contribution in [0.3, 0.4) is 0 Å². The molecule has 0 heterocycles. The number of hydrogen-bond acceptors (Lipinski definition) is 3. The van der Waals surface area contributed by atoms with Crippen LogP contribution in [0.5, 0.6) is 0 Å². The Hall–Kier alpha value is -1.52. The maximum Gasteiger partial charge on any atom is 0.407 e. The maximum atomic E-state index is 11.3. The fraction of sp³-hybridized carbons (Fsp3) is 0.667. The Morgan fingerprint density at radius 1 is 1.53 bits per heavy atom. The van der Waals surface area contributed by atoms with E-state index in [0.717, 1.165) is 13.0 Å². The lowest BCUT2D eigenvalue weighted by Crippen LogP contribution is -2.34. The van der Waals surface area contributed by atoms with Crippen LogP contribution in [0, 0.1) is 0 Å². The van der Waals surface area contributed by atoms with E-state index in [2.05, 4.69) is 16.9 Å². The molecule has 0 bridgehead atoms. The molecule has 0 fully saturated rings. The van der Waals surface area contributed by atoms with Gasteiger partial charge in [0.2, 0.25) is 0 Å². The number of nitrogens with zero attached hydrogens (tertiary/aromatic N) is 2. The van der Waals surface area contributed by atoms with Crippen LogP contribution in [0.15, 0.2) is 17.8 Å². The van der Waals surface area contributed by atoms with Crippen molar-refractivity contribution in [3.05, 3.63) is 12.8 Å². The van der Waals surface area contributed by atoms with Crippen LogP contribution < -0.4 is 5.32 Å². The van der Waals surface area contributed by atoms with Gasteiger partial charge >= 0.3 is 6.09 Å². The van der Waals surface area contributed by atoms with Gasteiger partial charge in [-0.15, -0.1) is 0 Å². The number of carbonyl (C=O) groups is 1. The number of carbonyl (C=O) groups excluding carboxylic acids is 1. The molecule has 0 atom stereocenters. The Labute approximate surface area is 104 Å². The van der Waals surface area contributed by atoms with E-state index in [-0.39, 0.29) is 6.09 Å². The Morgan fingerprint density at radius 3 is 2.71 bits per heavy atom. The standard InChI is InChI=1S/C12H23N3O2/c1-6-13-10-15(5)9-7-8-14-11(16)17-12(2,3)4/h6,10H,1,7-9H2,2-5H3,(H,14,16). The summed E-state index contributed by atoms with van der Waals surface area (Å²) >= 11 is 0. The first-order valence-corrected chi connectivity index (χ1v) is 5.66. The molecule has 0 saturated carbocycles. The number of rotatable bonds is 6. The van der Waals surface area contributed by atoms with Gasteiger partial charge in [0.1, 0.15) is 5.60 Å². The lowest BCUT2D eigenvalue weighted by Gasteiger charge is -2.20. The molecule has 5 nitrogen and oxygen atoms in total. The molecular formula is C12H23N3O2. The van der Waals surface area contributed by atoms with Gasteiger partial charge in [-0.25, -0.2) is 9.79 Å². The third-order valence-corrected chi connectivity index (χ3v) is 1.73. The van der Waals surface area contributed by atoms with Crippen molar-refractivity contribution in [3.63, 3.8) is 0 Å². The van der Waals surface area contributed by atoms with Gasteiger partial charge in [0.05, 0.1) is 6.34 Å². The van der Waals surface area contributed by atoms with E-state index >= 15 is 0 Å². The molecule has 0 radical (unpaired) electrons. The Morgan fingerprint density at radius 2 is 2.18 bits per heavy atom. The molecular weight excluding hydrogens is 218 g/mol. The molecule has 0 saturated heterocycles. The highest BCUT2D eigenvalue weighted by atomic mass is 16.6. The Balaban J connectivity index is 3.61. The fourth-order valence-electron chi connectivity index (χ4n) is 1.05. The summed E-state index contributed by atoms with van der Waals surface area (Å²) in [6, 6.07) is 0. The average molecular weight is 241 g/mol. The molecule has 1 N–H and O–H groups in total. The van der Waals surface area contributed by atoms with E-state index in [1.165, 1.54) is 6.20 Å². The van der Waals surface area contributed by atoms with Crippen molar-refractivity contribution in [1.29, 1.82) is 0 Å². The number of hydrogen-bond donors (Lipinski definition) is 1. The minimum Gasteiger partial charge on any atom is -0.444 e. The zero-order chi connectivity index (χ0) is 13.3. The Kier molecular flexibility index (Phi) is 7.02. The van der Waals surface area contributed by atoms with E-state index in [1.807, 2.05) is 32.7 Å². The van der Waals surface area contributed by atoms with Crippen molar-refractivity contribution in [3.8, 4) is 0 Å². The van der Waals surface area contributed by atoms with Crippen LogP contribution in [0.1, 0.15) is 27.2 Å². The van der Waals surface area contributed by atoms with Gasteiger partial charge in [0.15, 0.2) is 0 Å². The van der Waals surface area contributed by atoms with E-state index in [0.29, 0.717) is 6.54 Å². The minimum absolute atomic E-state index is 0.375. The first kappa shape index (κ1) is 15.5. The van der Waals surface area contributed by atoms with E-state index in [4.69, 9.17) is 4.74 Å². The second-order valence-electron chi connectivity index (χ2n) is 4.71. The molecule has 98 valence electrons. The SMILES string of the molecule is C=CN=CN(C)CCCNC(=O)OC(C)(C)C. The quantitative estimate of drug-likeness (QED) is 0.439. The summed E-state index contributed by atoms with van der Waals surface area (Å²) in [5.74, 6) is 0. The fourth-order valence-corrected chi connectivity index (χ4v) is 1.05. The molecule has 0 aliphatic carbocycles. The number of ether oxygens (including phenoxy) is 1. The van der Waals surface area contributed by atoms with Gasteiger partial charge in [0.25, 0.3) is 0 Å². The molecule has 1 amide bonds. The molecule has 0 aromatic heterocycles. The summed E-state index contributed by atoms with van der Waals surface area (Å²) in [6.45, 7) is 10.4. The van der Waals surface area contributed by atoms with Crippen LogP contribution in [0.4, 0.5) is 4.79 Å². The third-order valence-electron chi connectivity index (χ3n) is 1.73. The topological polar surface area (TPSA) is 53.9 Å². The zero-order valence-electron chi connectivity index (χ0n) is 11.2. The number of alkyl carbamates (subject to hydrolysis) is 1. The zero-order valence-corrected chi connectivity index (χ0v) is 11.2. The number of amides is 1. The summed E-state index contributed by atoms with van der Waals surface area (Å²) in [4.78, 5) is 17.1. The second-order valence-corrected chi connectivity index (χ2v) is 4.71. The van der Waals surface area contributed by atoms with Gasteiger partial charge in [0, 0.05) is 26.3 Å². The van der Waals surface area contributed by atoms with Gasteiger partial charge in [-0.2, -0.15) is 0 Å². The highest BCUT2D eigenvalue weighted by molar-refractivity contribution is 5.67. The van der Waals surface area contributed by atoms with Crippen molar-refractivity contribution in [2.75, 3.05) is 20.1 Å². The monoisotopic (exact) mass is 241 g/mol. The summed E-state index contributed by atoms with van der Waals surface area (Å²) in [7, 11) is 1.92. The predicted molar refractivity (Wildman–Crippen MR) is 70.2 cm³/mol. The van der Waals surface area contributed by atoms with Crippen molar-refractivity contribution in [2.45, 2.75) is 32.8 Å². The van der Waals surface area contributed by atoms with Crippen LogP contribution in [-0.4, -0.2) is 43.1 Å². The first-order chi connectivity index (χ1) is 7.85. The third kappa shape index (κ3) is 10.8. The van der Waals surface area contributed by atoms with Gasteiger partial charge < -0.3 is 15.0 Å². The van der Waals surface area contributed by atoms with Crippen LogP contribution in [-0.2, 0) is 4.74 Å². The molecule has 17 heavy (non-hydrogen) atoms. The van der Waals surface area contributed by atoms with E-state index < -0.39 is 5.60 Å². The second kappa shape index (κ2) is 7.70. The first-order valence-electron chi connectivity index (χ1n) is 5.66. The highest BCUT2D eigenvalue weighted by Gasteiger charge is 2.15. The van der Waals surface area contributed by atoms with Crippen LogP contribution in [0.2, 0.25) is 0 Å². The molecule has 0 aromatic rings. The molecule has 0 rings (SSSR count). The van der Waals surface area contributed by atoms with E-state index in [9.17, 15) is 4.79 Å². The molecule has 0 aliphatic heterocycles. The summed E-state index contributed by atoms with van der Waals surface area (Å²) in [5, 5.41) is 2.70. The van der Waals surface area contributed by atoms with Crippen LogP contribution >= 0.6 is 0 Å². The normalized spacial score (nSPS) is 11.3. The largest absolute Gasteiger partial charge is 0.444 e. The number of aliphatic imine (C=N–C) groups is 1. The van der Waals surface area contributed by atoms with Gasteiger partial charge in [-0.05, 0) is 27.2 Å². The molecule has 0 spiro atoms. The summed E-state index contributed by atoms with van der Waals surface area (Å²) < 4.78 is 5.11. The smallest absolute Gasteiger partial charge is 0.407 e. The number of nitrogens with one attached hydrogen (secondary N) is 1. The summed E-state index contributed by atoms with van der Waals surface area (Å²) in [5.41, 5.74) is -0.447. The Bertz CT molecular complexity index is 269. The predicted octanol–water partition coefficient (Wildman–Crippen LogP) is 2.00.